The number of hydrogen-bond donors (Lipinski definition) is 2. The van der Waals surface area contributed by atoms with Gasteiger partial charge in [-0.05, 0) is 72.6 Å². The van der Waals surface area contributed by atoms with E-state index in [0.717, 1.165) is 28.2 Å². The molecule has 3 N–H and O–H groups in total. The lowest BCUT2D eigenvalue weighted by atomic mass is 9.80. The molecule has 50 heavy (non-hydrogen) atoms. The number of ether oxygens (including phenoxy) is 4. The van der Waals surface area contributed by atoms with E-state index in [1.807, 2.05) is 66.7 Å². The molecule has 1 aromatic heterocycles. The number of aromatic nitrogens is 2. The summed E-state index contributed by atoms with van der Waals surface area (Å²) in [6.07, 6.45) is 1.19. The number of hydrogen-bond acceptors (Lipinski definition) is 8. The van der Waals surface area contributed by atoms with Crippen LogP contribution in [0.1, 0.15) is 55.9 Å². The summed E-state index contributed by atoms with van der Waals surface area (Å²) < 4.78 is 33.9. The van der Waals surface area contributed by atoms with Crippen LogP contribution in [0.15, 0.2) is 94.6 Å². The Bertz CT molecular complexity index is 1800. The summed E-state index contributed by atoms with van der Waals surface area (Å²) >= 11 is 0. The molecule has 1 unspecified atom stereocenters. The van der Waals surface area contributed by atoms with E-state index in [1.54, 1.807) is 27.3 Å². The summed E-state index contributed by atoms with van der Waals surface area (Å²) in [4.78, 5) is 28.3. The van der Waals surface area contributed by atoms with Crippen molar-refractivity contribution in [1.82, 2.24) is 9.55 Å². The molecule has 0 saturated carbocycles. The molecule has 5 rings (SSSR count). The lowest BCUT2D eigenvalue weighted by Crippen LogP contribution is -2.47. The van der Waals surface area contributed by atoms with Crippen molar-refractivity contribution in [3.05, 3.63) is 128 Å². The van der Waals surface area contributed by atoms with Crippen molar-refractivity contribution in [1.29, 1.82) is 0 Å². The molecule has 0 amide bonds. The number of methoxy groups -OCH3 is 2. The maximum absolute atomic E-state index is 13.4. The van der Waals surface area contributed by atoms with Gasteiger partial charge in [0, 0.05) is 24.6 Å². The zero-order valence-electron chi connectivity index (χ0n) is 30.4. The Balaban J connectivity index is 1.66. The predicted molar refractivity (Wildman–Crippen MR) is 198 cm³/mol. The number of nitrogens with one attached hydrogen (secondary N) is 1. The van der Waals surface area contributed by atoms with Gasteiger partial charge in [0.1, 0.15) is 23.2 Å². The summed E-state index contributed by atoms with van der Waals surface area (Å²) in [6.45, 7) is 13.0. The molecular formula is C39H51N3O7Si. The molecule has 1 aliphatic rings. The summed E-state index contributed by atoms with van der Waals surface area (Å²) in [5.74, 6) is 1.45. The van der Waals surface area contributed by atoms with Gasteiger partial charge in [-0.25, -0.2) is 4.79 Å². The first-order valence-electron chi connectivity index (χ1n) is 17.1. The zero-order chi connectivity index (χ0) is 36.3. The van der Waals surface area contributed by atoms with E-state index in [9.17, 15) is 9.59 Å². The minimum atomic E-state index is -2.36. The third-order valence-corrected chi connectivity index (χ3v) is 14.8. The topological polar surface area (TPSA) is 127 Å². The average molecular weight is 702 g/mol. The van der Waals surface area contributed by atoms with Crippen LogP contribution in [0.25, 0.3) is 0 Å². The van der Waals surface area contributed by atoms with Crippen molar-refractivity contribution in [3.8, 4) is 11.5 Å². The Labute approximate surface area is 295 Å². The second kappa shape index (κ2) is 14.7. The molecule has 1 saturated heterocycles. The first kappa shape index (κ1) is 37.3. The van der Waals surface area contributed by atoms with Gasteiger partial charge < -0.3 is 29.1 Å². The number of H-pyrrole nitrogens is 1. The largest absolute Gasteiger partial charge is 0.497 e. The number of aryl methyl sites for hydroxylation is 1. The molecule has 1 fully saturated rings. The fraction of sp³-hybridized carbons (Fsp3) is 0.436. The van der Waals surface area contributed by atoms with E-state index in [2.05, 4.69) is 51.0 Å². The Kier molecular flexibility index (Phi) is 10.9. The maximum Gasteiger partial charge on any atom is 0.330 e. The summed E-state index contributed by atoms with van der Waals surface area (Å²) in [7, 11) is 0.923. The number of nitrogens with zero attached hydrogens (tertiary/aromatic N) is 1. The van der Waals surface area contributed by atoms with Gasteiger partial charge in [-0.15, -0.1) is 0 Å². The molecule has 0 aliphatic carbocycles. The third kappa shape index (κ3) is 7.24. The first-order chi connectivity index (χ1) is 23.7. The second-order valence-electron chi connectivity index (χ2n) is 14.5. The Hall–Kier alpha value is -4.00. The average Bonchev–Trinajstić information content (AvgIpc) is 3.43. The molecule has 10 nitrogen and oxygen atoms in total. The Morgan fingerprint density at radius 1 is 0.900 bits per heavy atom. The monoisotopic (exact) mass is 701 g/mol. The zero-order valence-corrected chi connectivity index (χ0v) is 31.4. The molecule has 4 aromatic rings. The van der Waals surface area contributed by atoms with Crippen LogP contribution >= 0.6 is 0 Å². The summed E-state index contributed by atoms with van der Waals surface area (Å²) in [5.41, 5.74) is 6.03. The molecule has 11 heteroatoms. The van der Waals surface area contributed by atoms with Crippen LogP contribution in [0.3, 0.4) is 0 Å². The molecule has 0 radical (unpaired) electrons. The highest BCUT2D eigenvalue weighted by Crippen LogP contribution is 2.46. The lowest BCUT2D eigenvalue weighted by Gasteiger charge is -2.40. The molecule has 268 valence electrons. The van der Waals surface area contributed by atoms with Gasteiger partial charge in [0.05, 0.1) is 26.9 Å². The fourth-order valence-electron chi connectivity index (χ4n) is 6.48. The van der Waals surface area contributed by atoms with Crippen molar-refractivity contribution in [3.63, 3.8) is 0 Å². The molecule has 2 heterocycles. The van der Waals surface area contributed by atoms with E-state index in [4.69, 9.17) is 29.1 Å². The minimum Gasteiger partial charge on any atom is -0.497 e. The van der Waals surface area contributed by atoms with Gasteiger partial charge in [0.15, 0.2) is 14.0 Å². The van der Waals surface area contributed by atoms with Gasteiger partial charge in [-0.3, -0.25) is 14.3 Å². The number of benzene rings is 3. The highest BCUT2D eigenvalue weighted by Gasteiger charge is 2.53. The van der Waals surface area contributed by atoms with Crippen molar-refractivity contribution in [2.24, 2.45) is 5.73 Å². The first-order valence-corrected chi connectivity index (χ1v) is 20.0. The lowest BCUT2D eigenvalue weighted by molar-refractivity contribution is -0.143. The normalized spacial score (nSPS) is 19.8. The van der Waals surface area contributed by atoms with E-state index < -0.39 is 43.1 Å². The highest BCUT2D eigenvalue weighted by atomic mass is 28.4. The Morgan fingerprint density at radius 3 is 1.94 bits per heavy atom. The van der Waals surface area contributed by atoms with Crippen molar-refractivity contribution in [2.75, 3.05) is 27.4 Å². The fourth-order valence-corrected chi connectivity index (χ4v) is 7.82. The number of nitrogens with two attached hydrogens (primary N) is 1. The van der Waals surface area contributed by atoms with Crippen LogP contribution in [0, 0.1) is 6.92 Å². The highest BCUT2D eigenvalue weighted by molar-refractivity contribution is 6.74. The smallest absolute Gasteiger partial charge is 0.330 e. The van der Waals surface area contributed by atoms with Gasteiger partial charge >= 0.3 is 5.69 Å². The maximum atomic E-state index is 13.4. The van der Waals surface area contributed by atoms with Crippen LogP contribution < -0.4 is 26.5 Å². The predicted octanol–water partition coefficient (Wildman–Crippen LogP) is 6.05. The van der Waals surface area contributed by atoms with E-state index >= 15 is 0 Å². The van der Waals surface area contributed by atoms with E-state index in [1.165, 1.54) is 4.57 Å². The quantitative estimate of drug-likeness (QED) is 0.127. The summed E-state index contributed by atoms with van der Waals surface area (Å²) in [6, 6.07) is 25.8. The van der Waals surface area contributed by atoms with Gasteiger partial charge in [-0.1, -0.05) is 75.4 Å². The number of rotatable bonds is 13. The van der Waals surface area contributed by atoms with Crippen molar-refractivity contribution in [2.45, 2.75) is 82.2 Å². The van der Waals surface area contributed by atoms with E-state index in [0.29, 0.717) is 18.4 Å². The van der Waals surface area contributed by atoms with Crippen LogP contribution in [-0.2, 0) is 25.2 Å². The minimum absolute atomic E-state index is 0.0943. The van der Waals surface area contributed by atoms with Gasteiger partial charge in [-0.2, -0.15) is 0 Å². The number of aromatic amines is 1. The van der Waals surface area contributed by atoms with Gasteiger partial charge in [0.25, 0.3) is 5.56 Å². The molecule has 0 spiro atoms. The van der Waals surface area contributed by atoms with E-state index in [-0.39, 0.29) is 18.2 Å². The standard InChI is InChI=1S/C39H51N3O7Si/c1-27-25-42(36(44)41-35(27)43)38(22-23-40)24-33(49-50(7,8)37(2,3)4)34(48-38)26-47-39(28-12-10-9-11-13-28,29-14-18-31(45-5)19-15-29)30-16-20-32(46-6)21-17-30/h9-21,25,33-34H,22-24,26,40H2,1-8H3,(H,41,43,44)/t33?,34-,38-/m1/s1. The molecule has 3 atom stereocenters. The molecule has 3 aromatic carbocycles. The Morgan fingerprint density at radius 2 is 1.44 bits per heavy atom. The second-order valence-corrected chi connectivity index (χ2v) is 19.3. The van der Waals surface area contributed by atoms with Crippen molar-refractivity contribution >= 4 is 8.32 Å². The molecule has 0 bridgehead atoms. The van der Waals surface area contributed by atoms with Crippen LogP contribution in [-0.4, -0.2) is 57.4 Å². The van der Waals surface area contributed by atoms with Gasteiger partial charge in [0.2, 0.25) is 0 Å². The summed E-state index contributed by atoms with van der Waals surface area (Å²) in [5, 5.41) is -0.0943. The SMILES string of the molecule is COc1ccc(C(OC[C@H]2O[C@@](CCN)(n3cc(C)c(=O)[nH]c3=O)CC2O[Si](C)(C)C(C)(C)C)(c2ccccc2)c2ccc(OC)cc2)cc1. The third-order valence-electron chi connectivity index (χ3n) is 10.3. The van der Waals surface area contributed by atoms with Crippen LogP contribution in [0.4, 0.5) is 0 Å². The van der Waals surface area contributed by atoms with Crippen LogP contribution in [0.5, 0.6) is 11.5 Å². The molecule has 1 aliphatic heterocycles. The molecular weight excluding hydrogens is 651 g/mol. The van der Waals surface area contributed by atoms with Crippen LogP contribution in [0.2, 0.25) is 18.1 Å². The van der Waals surface area contributed by atoms with Crippen molar-refractivity contribution < 1.29 is 23.4 Å².